The van der Waals surface area contributed by atoms with Gasteiger partial charge in [-0.05, 0) is 65.7 Å². The molecule has 0 saturated heterocycles. The predicted octanol–water partition coefficient (Wildman–Crippen LogP) is 3.53. The summed E-state index contributed by atoms with van der Waals surface area (Å²) >= 11 is 0. The molecular formula is C18H15F2N5O2. The van der Waals surface area contributed by atoms with Gasteiger partial charge in [0.2, 0.25) is 0 Å². The molecule has 7 nitrogen and oxygen atoms in total. The van der Waals surface area contributed by atoms with E-state index in [1.807, 2.05) is 16.8 Å². The summed E-state index contributed by atoms with van der Waals surface area (Å²) in [5.74, 6) is 0.192. The van der Waals surface area contributed by atoms with Crippen molar-refractivity contribution in [3.05, 3.63) is 54.1 Å². The quantitative estimate of drug-likeness (QED) is 0.717. The maximum absolute atomic E-state index is 12.3. The highest BCUT2D eigenvalue weighted by Crippen LogP contribution is 2.36. The van der Waals surface area contributed by atoms with E-state index in [1.54, 1.807) is 12.1 Å². The molecule has 0 unspecified atom stereocenters. The van der Waals surface area contributed by atoms with Crippen LogP contribution in [0.1, 0.15) is 29.2 Å². The molecule has 1 N–H and O–H groups in total. The Morgan fingerprint density at radius 2 is 1.96 bits per heavy atom. The van der Waals surface area contributed by atoms with Gasteiger partial charge < -0.3 is 10.1 Å². The van der Waals surface area contributed by atoms with Crippen LogP contribution in [0.15, 0.2) is 48.5 Å². The molecule has 1 aromatic heterocycles. The fourth-order valence-corrected chi connectivity index (χ4v) is 2.67. The van der Waals surface area contributed by atoms with Gasteiger partial charge in [-0.3, -0.25) is 4.79 Å². The van der Waals surface area contributed by atoms with Gasteiger partial charge in [0.05, 0.1) is 6.04 Å². The number of anilines is 1. The third kappa shape index (κ3) is 3.91. The fraction of sp³-hybridized carbons (Fsp3) is 0.222. The third-order valence-corrected chi connectivity index (χ3v) is 4.11. The Morgan fingerprint density at radius 1 is 1.19 bits per heavy atom. The second-order valence-corrected chi connectivity index (χ2v) is 6.12. The smallest absolute Gasteiger partial charge is 0.387 e. The lowest BCUT2D eigenvalue weighted by molar-refractivity contribution is -0.0498. The van der Waals surface area contributed by atoms with Gasteiger partial charge in [-0.25, -0.2) is 4.68 Å². The molecule has 1 aliphatic carbocycles. The lowest BCUT2D eigenvalue weighted by Gasteiger charge is -2.09. The predicted molar refractivity (Wildman–Crippen MR) is 92.6 cm³/mol. The number of hydrogen-bond donors (Lipinski definition) is 1. The van der Waals surface area contributed by atoms with E-state index in [0.29, 0.717) is 17.6 Å². The van der Waals surface area contributed by atoms with Gasteiger partial charge in [-0.1, -0.05) is 6.07 Å². The Kier molecular flexibility index (Phi) is 4.49. The maximum atomic E-state index is 12.3. The SMILES string of the molecule is O=C(Nc1ccc(-c2nnnn2C2CC2)cc1)c1cccc(OC(F)F)c1. The molecule has 0 bridgehead atoms. The van der Waals surface area contributed by atoms with Crippen molar-refractivity contribution in [1.29, 1.82) is 0 Å². The summed E-state index contributed by atoms with van der Waals surface area (Å²) in [6.45, 7) is -2.94. The minimum atomic E-state index is -2.94. The number of alkyl halides is 2. The van der Waals surface area contributed by atoms with Gasteiger partial charge in [-0.2, -0.15) is 8.78 Å². The van der Waals surface area contributed by atoms with Crippen molar-refractivity contribution in [2.75, 3.05) is 5.32 Å². The first-order chi connectivity index (χ1) is 13.1. The first-order valence-electron chi connectivity index (χ1n) is 8.35. The van der Waals surface area contributed by atoms with E-state index in [1.165, 1.54) is 24.3 Å². The first kappa shape index (κ1) is 17.1. The van der Waals surface area contributed by atoms with E-state index in [0.717, 1.165) is 18.4 Å². The van der Waals surface area contributed by atoms with Crippen LogP contribution in [-0.4, -0.2) is 32.7 Å². The summed E-state index contributed by atoms with van der Waals surface area (Å²) in [6.07, 6.45) is 2.14. The van der Waals surface area contributed by atoms with E-state index < -0.39 is 12.5 Å². The van der Waals surface area contributed by atoms with Gasteiger partial charge in [0.15, 0.2) is 5.82 Å². The molecule has 0 spiro atoms. The molecule has 0 atom stereocenters. The molecule has 2 aromatic carbocycles. The number of halogens is 2. The lowest BCUT2D eigenvalue weighted by Crippen LogP contribution is -2.12. The highest BCUT2D eigenvalue weighted by Gasteiger charge is 2.28. The number of nitrogens with one attached hydrogen (secondary N) is 1. The molecule has 1 saturated carbocycles. The van der Waals surface area contributed by atoms with Gasteiger partial charge in [0.25, 0.3) is 5.91 Å². The number of carbonyl (C=O) groups is 1. The van der Waals surface area contributed by atoms with Gasteiger partial charge in [-0.15, -0.1) is 5.10 Å². The number of tetrazole rings is 1. The van der Waals surface area contributed by atoms with Crippen LogP contribution in [-0.2, 0) is 0 Å². The van der Waals surface area contributed by atoms with Crippen molar-refractivity contribution < 1.29 is 18.3 Å². The average Bonchev–Trinajstić information content (AvgIpc) is 3.39. The Morgan fingerprint density at radius 3 is 2.67 bits per heavy atom. The zero-order valence-corrected chi connectivity index (χ0v) is 14.0. The molecule has 1 amide bonds. The second-order valence-electron chi connectivity index (χ2n) is 6.12. The van der Waals surface area contributed by atoms with E-state index in [9.17, 15) is 13.6 Å². The summed E-state index contributed by atoms with van der Waals surface area (Å²) in [5, 5.41) is 14.5. The van der Waals surface area contributed by atoms with E-state index >= 15 is 0 Å². The minimum absolute atomic E-state index is 0.0695. The van der Waals surface area contributed by atoms with Gasteiger partial charge >= 0.3 is 6.61 Å². The largest absolute Gasteiger partial charge is 0.435 e. The number of carbonyl (C=O) groups excluding carboxylic acids is 1. The standard InChI is InChI=1S/C18H15F2N5O2/c19-18(20)27-15-3-1-2-12(10-15)17(26)21-13-6-4-11(5-7-13)16-22-23-24-25(16)14-8-9-14/h1-7,10,14,18H,8-9H2,(H,21,26). The van der Waals surface area contributed by atoms with Crippen molar-refractivity contribution in [3.8, 4) is 17.1 Å². The molecule has 9 heteroatoms. The van der Waals surface area contributed by atoms with Crippen LogP contribution in [0.25, 0.3) is 11.4 Å². The first-order valence-corrected chi connectivity index (χ1v) is 8.35. The Balaban J connectivity index is 1.47. The second kappa shape index (κ2) is 7.10. The van der Waals surface area contributed by atoms with E-state index in [-0.39, 0.29) is 11.3 Å². The van der Waals surface area contributed by atoms with Gasteiger partial charge in [0, 0.05) is 16.8 Å². The molecule has 27 heavy (non-hydrogen) atoms. The summed E-state index contributed by atoms with van der Waals surface area (Å²) in [7, 11) is 0. The van der Waals surface area contributed by atoms with Crippen LogP contribution < -0.4 is 10.1 Å². The number of benzene rings is 2. The normalized spacial score (nSPS) is 13.6. The van der Waals surface area contributed by atoms with E-state index in [4.69, 9.17) is 0 Å². The fourth-order valence-electron chi connectivity index (χ4n) is 2.67. The molecule has 1 heterocycles. The summed E-state index contributed by atoms with van der Waals surface area (Å²) in [4.78, 5) is 12.3. The Labute approximate surface area is 153 Å². The van der Waals surface area contributed by atoms with E-state index in [2.05, 4.69) is 25.6 Å². The summed E-state index contributed by atoms with van der Waals surface area (Å²) in [5.41, 5.74) is 1.63. The van der Waals surface area contributed by atoms with Crippen molar-refractivity contribution in [3.63, 3.8) is 0 Å². The number of amides is 1. The number of ether oxygens (including phenoxy) is 1. The zero-order valence-electron chi connectivity index (χ0n) is 14.0. The van der Waals surface area contributed by atoms with Crippen LogP contribution in [0.4, 0.5) is 14.5 Å². The van der Waals surface area contributed by atoms with Crippen molar-refractivity contribution >= 4 is 11.6 Å². The number of hydrogen-bond acceptors (Lipinski definition) is 5. The average molecular weight is 371 g/mol. The highest BCUT2D eigenvalue weighted by molar-refractivity contribution is 6.04. The number of rotatable bonds is 6. The molecular weight excluding hydrogens is 356 g/mol. The third-order valence-electron chi connectivity index (χ3n) is 4.11. The van der Waals surface area contributed by atoms with Crippen molar-refractivity contribution in [2.45, 2.75) is 25.5 Å². The maximum Gasteiger partial charge on any atom is 0.387 e. The van der Waals surface area contributed by atoms with Crippen molar-refractivity contribution in [2.24, 2.45) is 0 Å². The molecule has 1 fully saturated rings. The molecule has 3 aromatic rings. The monoisotopic (exact) mass is 371 g/mol. The Bertz CT molecular complexity index is 954. The van der Waals surface area contributed by atoms with Gasteiger partial charge in [0.1, 0.15) is 5.75 Å². The molecule has 0 aliphatic heterocycles. The lowest BCUT2D eigenvalue weighted by atomic mass is 10.1. The van der Waals surface area contributed by atoms with Crippen molar-refractivity contribution in [1.82, 2.24) is 20.2 Å². The zero-order chi connectivity index (χ0) is 18.8. The molecule has 1 aliphatic rings. The topological polar surface area (TPSA) is 81.9 Å². The van der Waals surface area contributed by atoms with Crippen LogP contribution in [0.2, 0.25) is 0 Å². The van der Waals surface area contributed by atoms with Crippen LogP contribution in [0.3, 0.4) is 0 Å². The van der Waals surface area contributed by atoms with Crippen LogP contribution in [0, 0.1) is 0 Å². The molecule has 4 rings (SSSR count). The highest BCUT2D eigenvalue weighted by atomic mass is 19.3. The van der Waals surface area contributed by atoms with Crippen LogP contribution >= 0.6 is 0 Å². The number of aromatic nitrogens is 4. The molecule has 138 valence electrons. The minimum Gasteiger partial charge on any atom is -0.435 e. The molecule has 0 radical (unpaired) electrons. The summed E-state index contributed by atoms with van der Waals surface area (Å²) in [6, 6.07) is 13.1. The summed E-state index contributed by atoms with van der Waals surface area (Å²) < 4.78 is 30.7. The number of nitrogens with zero attached hydrogens (tertiary/aromatic N) is 4. The Hall–Kier alpha value is -3.36. The van der Waals surface area contributed by atoms with Crippen LogP contribution in [0.5, 0.6) is 5.75 Å².